The lowest BCUT2D eigenvalue weighted by Gasteiger charge is -2.32. The van der Waals surface area contributed by atoms with Gasteiger partial charge >= 0.3 is 18.2 Å². The lowest BCUT2D eigenvalue weighted by atomic mass is 9.90. The molecule has 0 bridgehead atoms. The number of carbonyl (C=O) groups excluding carboxylic acids is 2. The van der Waals surface area contributed by atoms with E-state index < -0.39 is 23.7 Å². The molecule has 1 aliphatic heterocycles. The Labute approximate surface area is 171 Å². The molecule has 1 aliphatic rings. The number of carboxylic acids is 1. The summed E-state index contributed by atoms with van der Waals surface area (Å²) in [6, 6.07) is 8.44. The van der Waals surface area contributed by atoms with Gasteiger partial charge in [0.2, 0.25) is 0 Å². The van der Waals surface area contributed by atoms with Crippen molar-refractivity contribution in [2.45, 2.75) is 58.3 Å². The molecule has 2 rings (SSSR count). The number of hydrogen-bond acceptors (Lipinski definition) is 5. The highest BCUT2D eigenvalue weighted by Gasteiger charge is 2.30. The van der Waals surface area contributed by atoms with E-state index in [1.807, 2.05) is 30.3 Å². The van der Waals surface area contributed by atoms with Crippen LogP contribution in [-0.2, 0) is 20.9 Å². The number of benzene rings is 1. The largest absolute Gasteiger partial charge is 0.480 e. The molecule has 0 aromatic heterocycles. The van der Waals surface area contributed by atoms with Gasteiger partial charge in [-0.15, -0.1) is 0 Å². The van der Waals surface area contributed by atoms with E-state index in [1.165, 1.54) is 0 Å². The van der Waals surface area contributed by atoms with Crippen molar-refractivity contribution < 1.29 is 29.0 Å². The maximum atomic E-state index is 12.2. The number of amides is 2. The fourth-order valence-electron chi connectivity index (χ4n) is 3.17. The van der Waals surface area contributed by atoms with Gasteiger partial charge < -0.3 is 24.8 Å². The Balaban J connectivity index is 1.77. The van der Waals surface area contributed by atoms with E-state index in [0.29, 0.717) is 32.4 Å². The normalized spacial score (nSPS) is 16.0. The van der Waals surface area contributed by atoms with Crippen molar-refractivity contribution >= 4 is 18.2 Å². The first kappa shape index (κ1) is 22.5. The molecule has 0 unspecified atom stereocenters. The maximum Gasteiger partial charge on any atom is 0.410 e. The highest BCUT2D eigenvalue weighted by Crippen LogP contribution is 2.23. The molecule has 1 aromatic carbocycles. The van der Waals surface area contributed by atoms with Crippen LogP contribution in [0.3, 0.4) is 0 Å². The number of nitrogens with one attached hydrogen (secondary N) is 1. The zero-order valence-corrected chi connectivity index (χ0v) is 17.2. The summed E-state index contributed by atoms with van der Waals surface area (Å²) in [7, 11) is 0. The third kappa shape index (κ3) is 8.01. The van der Waals surface area contributed by atoms with Gasteiger partial charge in [-0.2, -0.15) is 0 Å². The average molecular weight is 406 g/mol. The zero-order valence-electron chi connectivity index (χ0n) is 17.2. The molecule has 0 saturated carbocycles. The Morgan fingerprint density at radius 1 is 1.17 bits per heavy atom. The van der Waals surface area contributed by atoms with Crippen LogP contribution in [0, 0.1) is 5.92 Å². The summed E-state index contributed by atoms with van der Waals surface area (Å²) in [6.07, 6.45) is 0.489. The number of carbonyl (C=O) groups is 3. The van der Waals surface area contributed by atoms with E-state index in [-0.39, 0.29) is 18.6 Å². The Morgan fingerprint density at radius 3 is 2.34 bits per heavy atom. The Kier molecular flexibility index (Phi) is 7.87. The maximum absolute atomic E-state index is 12.2. The number of likely N-dealkylation sites (tertiary alicyclic amines) is 1. The zero-order chi connectivity index (χ0) is 21.4. The van der Waals surface area contributed by atoms with E-state index in [9.17, 15) is 19.5 Å². The minimum atomic E-state index is -1.10. The number of alkyl carbamates (subject to hydrolysis) is 1. The van der Waals surface area contributed by atoms with E-state index in [2.05, 4.69) is 5.32 Å². The fraction of sp³-hybridized carbons (Fsp3) is 0.571. The van der Waals surface area contributed by atoms with Crippen LogP contribution < -0.4 is 5.32 Å². The van der Waals surface area contributed by atoms with Crippen LogP contribution in [0.15, 0.2) is 30.3 Å². The molecular formula is C21H30N2O6. The van der Waals surface area contributed by atoms with Crippen molar-refractivity contribution in [2.75, 3.05) is 13.1 Å². The Hall–Kier alpha value is -2.77. The van der Waals surface area contributed by atoms with Crippen LogP contribution in [0.1, 0.15) is 45.6 Å². The van der Waals surface area contributed by atoms with Gasteiger partial charge in [0.05, 0.1) is 0 Å². The number of carboxylic acid groups (broad SMARTS) is 1. The van der Waals surface area contributed by atoms with Crippen molar-refractivity contribution in [3.05, 3.63) is 35.9 Å². The Morgan fingerprint density at radius 2 is 1.79 bits per heavy atom. The molecule has 2 N–H and O–H groups in total. The number of aliphatic carboxylic acids is 1. The standard InChI is InChI=1S/C21H30N2O6/c1-21(2,3)29-19(26)22-17(18(24)25)13-15-9-11-23(12-10-15)20(27)28-14-16-7-5-4-6-8-16/h4-8,15,17H,9-14H2,1-3H3,(H,22,26)(H,24,25)/t17-/m0/s1. The minimum absolute atomic E-state index is 0.0872. The van der Waals surface area contributed by atoms with Crippen molar-refractivity contribution in [1.29, 1.82) is 0 Å². The van der Waals surface area contributed by atoms with Gasteiger partial charge in [0.1, 0.15) is 18.2 Å². The van der Waals surface area contributed by atoms with Crippen LogP contribution in [0.2, 0.25) is 0 Å². The molecular weight excluding hydrogens is 376 g/mol. The second-order valence-corrected chi connectivity index (χ2v) is 8.24. The van der Waals surface area contributed by atoms with Crippen molar-refractivity contribution in [1.82, 2.24) is 10.2 Å². The number of ether oxygens (including phenoxy) is 2. The van der Waals surface area contributed by atoms with Crippen molar-refractivity contribution in [2.24, 2.45) is 5.92 Å². The van der Waals surface area contributed by atoms with Gasteiger partial charge in [-0.05, 0) is 51.5 Å². The summed E-state index contributed by atoms with van der Waals surface area (Å²) in [5.41, 5.74) is 0.228. The second kappa shape index (κ2) is 10.1. The molecule has 1 fully saturated rings. The summed E-state index contributed by atoms with van der Waals surface area (Å²) in [4.78, 5) is 37.2. The monoisotopic (exact) mass is 406 g/mol. The third-order valence-electron chi connectivity index (χ3n) is 4.64. The average Bonchev–Trinajstić information content (AvgIpc) is 2.65. The number of hydrogen-bond donors (Lipinski definition) is 2. The van der Waals surface area contributed by atoms with Gasteiger partial charge in [0.15, 0.2) is 0 Å². The Bertz CT molecular complexity index is 693. The van der Waals surface area contributed by atoms with E-state index in [0.717, 1.165) is 5.56 Å². The molecule has 1 heterocycles. The highest BCUT2D eigenvalue weighted by atomic mass is 16.6. The quantitative estimate of drug-likeness (QED) is 0.750. The predicted molar refractivity (Wildman–Crippen MR) is 106 cm³/mol. The first-order chi connectivity index (χ1) is 13.6. The van der Waals surface area contributed by atoms with Crippen LogP contribution in [0.4, 0.5) is 9.59 Å². The van der Waals surface area contributed by atoms with Crippen LogP contribution in [0.5, 0.6) is 0 Å². The molecule has 2 amide bonds. The smallest absolute Gasteiger partial charge is 0.410 e. The first-order valence-corrected chi connectivity index (χ1v) is 9.82. The molecule has 0 spiro atoms. The van der Waals surface area contributed by atoms with Gasteiger partial charge in [-0.25, -0.2) is 14.4 Å². The molecule has 29 heavy (non-hydrogen) atoms. The van der Waals surface area contributed by atoms with E-state index >= 15 is 0 Å². The SMILES string of the molecule is CC(C)(C)OC(=O)N[C@@H](CC1CCN(C(=O)OCc2ccccc2)CC1)C(=O)O. The predicted octanol–water partition coefficient (Wildman–Crippen LogP) is 3.40. The molecule has 1 saturated heterocycles. The van der Waals surface area contributed by atoms with Crippen LogP contribution in [0.25, 0.3) is 0 Å². The molecule has 1 aromatic rings. The van der Waals surface area contributed by atoms with Crippen LogP contribution in [-0.4, -0.2) is 52.9 Å². The molecule has 0 aliphatic carbocycles. The molecule has 8 nitrogen and oxygen atoms in total. The number of piperidine rings is 1. The summed E-state index contributed by atoms with van der Waals surface area (Å²) in [5.74, 6) is -1.01. The molecule has 8 heteroatoms. The summed E-state index contributed by atoms with van der Waals surface area (Å²) >= 11 is 0. The number of nitrogens with zero attached hydrogens (tertiary/aromatic N) is 1. The minimum Gasteiger partial charge on any atom is -0.480 e. The van der Waals surface area contributed by atoms with Gasteiger partial charge in [0, 0.05) is 13.1 Å². The second-order valence-electron chi connectivity index (χ2n) is 8.24. The highest BCUT2D eigenvalue weighted by molar-refractivity contribution is 5.80. The molecule has 0 radical (unpaired) electrons. The first-order valence-electron chi connectivity index (χ1n) is 9.82. The van der Waals surface area contributed by atoms with Crippen molar-refractivity contribution in [3.8, 4) is 0 Å². The van der Waals surface area contributed by atoms with E-state index in [1.54, 1.807) is 25.7 Å². The summed E-state index contributed by atoms with van der Waals surface area (Å²) < 4.78 is 10.5. The third-order valence-corrected chi connectivity index (χ3v) is 4.64. The van der Waals surface area contributed by atoms with Crippen molar-refractivity contribution in [3.63, 3.8) is 0 Å². The molecule has 160 valence electrons. The van der Waals surface area contributed by atoms with Gasteiger partial charge in [0.25, 0.3) is 0 Å². The van der Waals surface area contributed by atoms with E-state index in [4.69, 9.17) is 9.47 Å². The van der Waals surface area contributed by atoms with Gasteiger partial charge in [-0.1, -0.05) is 30.3 Å². The summed E-state index contributed by atoms with van der Waals surface area (Å²) in [5, 5.41) is 11.8. The lowest BCUT2D eigenvalue weighted by molar-refractivity contribution is -0.140. The topological polar surface area (TPSA) is 105 Å². The summed E-state index contributed by atoms with van der Waals surface area (Å²) in [6.45, 7) is 6.37. The number of rotatable bonds is 6. The van der Waals surface area contributed by atoms with Gasteiger partial charge in [-0.3, -0.25) is 0 Å². The lowest BCUT2D eigenvalue weighted by Crippen LogP contribution is -2.46. The van der Waals surface area contributed by atoms with Crippen LogP contribution >= 0.6 is 0 Å². The molecule has 1 atom stereocenters. The fourth-order valence-corrected chi connectivity index (χ4v) is 3.17.